The number of aromatic amines is 1. The van der Waals surface area contributed by atoms with Gasteiger partial charge in [-0.05, 0) is 37.6 Å². The number of rotatable bonds is 3. The Labute approximate surface area is 167 Å². The first-order valence-corrected chi connectivity index (χ1v) is 8.66. The summed E-state index contributed by atoms with van der Waals surface area (Å²) in [6.07, 6.45) is -3.22. The van der Waals surface area contributed by atoms with E-state index in [4.69, 9.17) is 0 Å². The minimum absolute atomic E-state index is 0.0661. The summed E-state index contributed by atoms with van der Waals surface area (Å²) < 4.78 is 64.8. The highest BCUT2D eigenvalue weighted by atomic mass is 19.4. The summed E-state index contributed by atoms with van der Waals surface area (Å²) >= 11 is 0. The first-order valence-electron chi connectivity index (χ1n) is 8.66. The lowest BCUT2D eigenvalue weighted by atomic mass is 9.93. The van der Waals surface area contributed by atoms with Gasteiger partial charge in [0.2, 0.25) is 0 Å². The molecule has 2 amide bonds. The van der Waals surface area contributed by atoms with Crippen molar-refractivity contribution in [2.75, 3.05) is 5.32 Å². The molecule has 0 atom stereocenters. The Kier molecular flexibility index (Phi) is 5.27. The molecular formula is C20H16F5N3O2. The number of amides is 2. The highest BCUT2D eigenvalue weighted by Crippen LogP contribution is 2.31. The van der Waals surface area contributed by atoms with Crippen molar-refractivity contribution in [3.63, 3.8) is 0 Å². The van der Waals surface area contributed by atoms with E-state index in [2.05, 4.69) is 15.6 Å². The molecule has 5 nitrogen and oxygen atoms in total. The fourth-order valence-electron chi connectivity index (χ4n) is 2.89. The van der Waals surface area contributed by atoms with Crippen LogP contribution in [0.5, 0.6) is 0 Å². The zero-order chi connectivity index (χ0) is 22.3. The Balaban J connectivity index is 1.73. The molecule has 158 valence electrons. The third-order valence-electron chi connectivity index (χ3n) is 4.54. The van der Waals surface area contributed by atoms with E-state index in [1.54, 1.807) is 0 Å². The lowest BCUT2D eigenvalue weighted by Gasteiger charge is -2.27. The number of nitrogens with one attached hydrogen (secondary N) is 3. The third-order valence-corrected chi connectivity index (χ3v) is 4.54. The highest BCUT2D eigenvalue weighted by Gasteiger charge is 2.32. The predicted molar refractivity (Wildman–Crippen MR) is 99.5 cm³/mol. The number of halogens is 5. The molecule has 1 aromatic heterocycles. The van der Waals surface area contributed by atoms with Crippen LogP contribution in [0.1, 0.15) is 25.0 Å². The van der Waals surface area contributed by atoms with E-state index >= 15 is 0 Å². The van der Waals surface area contributed by atoms with Crippen molar-refractivity contribution >= 4 is 28.4 Å². The molecule has 3 rings (SSSR count). The van der Waals surface area contributed by atoms with Crippen molar-refractivity contribution in [3.8, 4) is 0 Å². The van der Waals surface area contributed by atoms with Crippen LogP contribution < -0.4 is 10.6 Å². The number of carbonyl (C=O) groups excluding carboxylic acids is 2. The number of anilines is 1. The van der Waals surface area contributed by atoms with Gasteiger partial charge in [0.05, 0.1) is 22.3 Å². The smallest absolute Gasteiger partial charge is 0.359 e. The van der Waals surface area contributed by atoms with Gasteiger partial charge in [-0.15, -0.1) is 0 Å². The maximum Gasteiger partial charge on any atom is 0.416 e. The van der Waals surface area contributed by atoms with Crippen LogP contribution in [0.2, 0.25) is 0 Å². The fraction of sp³-hybridized carbons (Fsp3) is 0.200. The van der Waals surface area contributed by atoms with E-state index in [0.29, 0.717) is 5.56 Å². The molecule has 0 unspecified atom stereocenters. The van der Waals surface area contributed by atoms with Gasteiger partial charge >= 0.3 is 18.0 Å². The number of benzene rings is 2. The largest absolute Gasteiger partial charge is 0.416 e. The molecule has 3 N–H and O–H groups in total. The Morgan fingerprint density at radius 3 is 2.07 bits per heavy atom. The first kappa shape index (κ1) is 21.3. The fourth-order valence-corrected chi connectivity index (χ4v) is 2.89. The molecule has 0 fully saturated rings. The molecule has 0 aliphatic rings. The number of carbonyl (C=O) groups is 2. The number of fused-ring (bicyclic) bond motifs is 1. The summed E-state index contributed by atoms with van der Waals surface area (Å²) in [6.45, 7) is 3.04. The molecule has 0 spiro atoms. The second kappa shape index (κ2) is 7.43. The Morgan fingerprint density at radius 1 is 0.900 bits per heavy atom. The van der Waals surface area contributed by atoms with E-state index in [1.165, 1.54) is 32.2 Å². The van der Waals surface area contributed by atoms with E-state index in [9.17, 15) is 31.5 Å². The van der Waals surface area contributed by atoms with Gasteiger partial charge in [0, 0.05) is 17.6 Å². The van der Waals surface area contributed by atoms with Crippen LogP contribution in [0, 0.1) is 11.6 Å². The maximum atomic E-state index is 13.5. The highest BCUT2D eigenvalue weighted by molar-refractivity contribution is 6.40. The van der Waals surface area contributed by atoms with Crippen LogP contribution in [-0.2, 0) is 21.3 Å². The maximum absolute atomic E-state index is 13.5. The van der Waals surface area contributed by atoms with Crippen molar-refractivity contribution < 1.29 is 31.5 Å². The van der Waals surface area contributed by atoms with Gasteiger partial charge in [-0.2, -0.15) is 13.2 Å². The van der Waals surface area contributed by atoms with Crippen molar-refractivity contribution in [1.29, 1.82) is 0 Å². The lowest BCUT2D eigenvalue weighted by Crippen LogP contribution is -2.46. The number of alkyl halides is 3. The zero-order valence-corrected chi connectivity index (χ0v) is 15.7. The van der Waals surface area contributed by atoms with Crippen LogP contribution >= 0.6 is 0 Å². The SMILES string of the molecule is CC(C)(NC(=O)C(=O)Nc1c[nH]c2cc(F)c(F)cc12)c1ccc(C(F)(F)F)cc1. The third kappa shape index (κ3) is 4.27. The van der Waals surface area contributed by atoms with Gasteiger partial charge in [-0.25, -0.2) is 8.78 Å². The van der Waals surface area contributed by atoms with Crippen LogP contribution in [0.15, 0.2) is 42.6 Å². The second-order valence-electron chi connectivity index (χ2n) is 7.12. The van der Waals surface area contributed by atoms with Crippen LogP contribution in [-0.4, -0.2) is 16.8 Å². The minimum atomic E-state index is -4.49. The van der Waals surface area contributed by atoms with Crippen molar-refractivity contribution in [2.45, 2.75) is 25.6 Å². The first-order chi connectivity index (χ1) is 13.9. The summed E-state index contributed by atoms with van der Waals surface area (Å²) in [7, 11) is 0. The quantitative estimate of drug-likeness (QED) is 0.428. The number of hydrogen-bond acceptors (Lipinski definition) is 2. The van der Waals surface area contributed by atoms with Gasteiger partial charge in [0.1, 0.15) is 0 Å². The molecule has 0 saturated heterocycles. The van der Waals surface area contributed by atoms with Gasteiger partial charge in [-0.1, -0.05) is 12.1 Å². The predicted octanol–water partition coefficient (Wildman–Crippen LogP) is 4.45. The van der Waals surface area contributed by atoms with Crippen LogP contribution in [0.25, 0.3) is 10.9 Å². The van der Waals surface area contributed by atoms with Crippen molar-refractivity contribution in [3.05, 3.63) is 65.4 Å². The summed E-state index contributed by atoms with van der Waals surface area (Å²) in [6, 6.07) is 5.96. The summed E-state index contributed by atoms with van der Waals surface area (Å²) in [5, 5.41) is 4.89. The topological polar surface area (TPSA) is 74.0 Å². The molecule has 2 aromatic carbocycles. The Bertz CT molecular complexity index is 1120. The van der Waals surface area contributed by atoms with E-state index in [-0.39, 0.29) is 16.6 Å². The molecule has 10 heteroatoms. The second-order valence-corrected chi connectivity index (χ2v) is 7.12. The number of hydrogen-bond donors (Lipinski definition) is 3. The molecule has 0 aliphatic heterocycles. The van der Waals surface area contributed by atoms with Crippen molar-refractivity contribution in [2.24, 2.45) is 0 Å². The van der Waals surface area contributed by atoms with Gasteiger partial charge in [0.15, 0.2) is 11.6 Å². The monoisotopic (exact) mass is 425 g/mol. The zero-order valence-electron chi connectivity index (χ0n) is 15.7. The summed E-state index contributed by atoms with van der Waals surface area (Å²) in [5.74, 6) is -4.33. The molecule has 0 saturated carbocycles. The van der Waals surface area contributed by atoms with E-state index < -0.39 is 40.7 Å². The average Bonchev–Trinajstić information content (AvgIpc) is 3.02. The van der Waals surface area contributed by atoms with E-state index in [1.807, 2.05) is 0 Å². The van der Waals surface area contributed by atoms with Crippen LogP contribution in [0.3, 0.4) is 0 Å². The lowest BCUT2D eigenvalue weighted by molar-refractivity contribution is -0.137. The molecule has 3 aromatic rings. The van der Waals surface area contributed by atoms with Crippen molar-refractivity contribution in [1.82, 2.24) is 10.3 Å². The molecule has 30 heavy (non-hydrogen) atoms. The average molecular weight is 425 g/mol. The van der Waals surface area contributed by atoms with Gasteiger partial charge in [-0.3, -0.25) is 9.59 Å². The minimum Gasteiger partial charge on any atom is -0.359 e. The van der Waals surface area contributed by atoms with Gasteiger partial charge < -0.3 is 15.6 Å². The standard InChI is InChI=1S/C20H16F5N3O2/c1-19(2,10-3-5-11(6-4-10)20(23,24)25)28-18(30)17(29)27-16-9-26-15-8-14(22)13(21)7-12(15)16/h3-9,26H,1-2H3,(H,27,29)(H,28,30). The molecule has 0 aliphatic carbocycles. The molecule has 1 heterocycles. The Hall–Kier alpha value is -3.43. The molecule has 0 bridgehead atoms. The molecular weight excluding hydrogens is 409 g/mol. The normalized spacial score (nSPS) is 12.1. The van der Waals surface area contributed by atoms with Crippen LogP contribution in [0.4, 0.5) is 27.6 Å². The Morgan fingerprint density at radius 2 is 1.47 bits per heavy atom. The summed E-state index contributed by atoms with van der Waals surface area (Å²) in [5.41, 5.74) is -1.37. The summed E-state index contributed by atoms with van der Waals surface area (Å²) in [4.78, 5) is 27.2. The number of H-pyrrole nitrogens is 1. The molecule has 0 radical (unpaired) electrons. The van der Waals surface area contributed by atoms with Gasteiger partial charge in [0.25, 0.3) is 0 Å². The van der Waals surface area contributed by atoms with E-state index in [0.717, 1.165) is 24.3 Å². The number of aromatic nitrogens is 1.